The number of carbonyl (C=O) groups is 1. The maximum Gasteiger partial charge on any atom is 0.224 e. The smallest absolute Gasteiger partial charge is 0.224 e. The average molecular weight is 261 g/mol. The number of anilines is 2. The summed E-state index contributed by atoms with van der Waals surface area (Å²) in [5.74, 6) is 0.0261. The molecule has 0 unspecified atom stereocenters. The van der Waals surface area contributed by atoms with Crippen molar-refractivity contribution >= 4 is 28.6 Å². The van der Waals surface area contributed by atoms with Gasteiger partial charge in [-0.3, -0.25) is 4.79 Å². The Morgan fingerprint density at radius 1 is 1.28 bits per heavy atom. The molecule has 0 saturated heterocycles. The van der Waals surface area contributed by atoms with E-state index >= 15 is 0 Å². The highest BCUT2D eigenvalue weighted by atomic mass is 32.1. The van der Waals surface area contributed by atoms with Crippen molar-refractivity contribution in [1.82, 2.24) is 4.98 Å². The van der Waals surface area contributed by atoms with Crippen molar-refractivity contribution in [1.29, 1.82) is 0 Å². The van der Waals surface area contributed by atoms with Crippen LogP contribution < -0.4 is 10.6 Å². The fourth-order valence-electron chi connectivity index (χ4n) is 1.44. The molecule has 2 rings (SSSR count). The quantitative estimate of drug-likeness (QED) is 0.869. The van der Waals surface area contributed by atoms with Gasteiger partial charge in [0.25, 0.3) is 0 Å². The maximum absolute atomic E-state index is 11.2. The van der Waals surface area contributed by atoms with Gasteiger partial charge < -0.3 is 10.6 Å². The molecule has 0 aliphatic rings. The number of thiazole rings is 1. The molecule has 2 aromatic rings. The molecule has 0 fully saturated rings. The summed E-state index contributed by atoms with van der Waals surface area (Å²) in [5.41, 5.74) is 4.68. The highest BCUT2D eigenvalue weighted by Crippen LogP contribution is 2.14. The minimum absolute atomic E-state index is 0.0261. The molecule has 1 amide bonds. The van der Waals surface area contributed by atoms with E-state index in [4.69, 9.17) is 0 Å². The number of nitrogens with one attached hydrogen (secondary N) is 2. The minimum Gasteiger partial charge on any atom is -0.379 e. The van der Waals surface area contributed by atoms with Crippen molar-refractivity contribution in [3.8, 4) is 0 Å². The Bertz CT molecular complexity index is 493. The minimum atomic E-state index is 0.0261. The zero-order valence-corrected chi connectivity index (χ0v) is 11.0. The van der Waals surface area contributed by atoms with E-state index in [9.17, 15) is 4.79 Å². The van der Waals surface area contributed by atoms with Crippen LogP contribution in [0, 0.1) is 0 Å². The van der Waals surface area contributed by atoms with Crippen molar-refractivity contribution in [3.05, 3.63) is 40.8 Å². The molecule has 0 saturated carbocycles. The molecule has 1 heterocycles. The molecule has 1 aromatic heterocycles. The van der Waals surface area contributed by atoms with Crippen LogP contribution in [0.2, 0.25) is 0 Å². The molecular weight excluding hydrogens is 246 g/mol. The van der Waals surface area contributed by atoms with Gasteiger partial charge in [0, 0.05) is 23.2 Å². The summed E-state index contributed by atoms with van der Waals surface area (Å²) in [7, 11) is 0. The first-order valence-corrected chi connectivity index (χ1v) is 6.73. The highest BCUT2D eigenvalue weighted by Gasteiger charge is 1.99. The summed E-state index contributed by atoms with van der Waals surface area (Å²) >= 11 is 1.59. The lowest BCUT2D eigenvalue weighted by Gasteiger charge is -2.07. The number of amides is 1. The summed E-state index contributed by atoms with van der Waals surface area (Å²) in [5, 5.41) is 8.10. The van der Waals surface area contributed by atoms with Crippen LogP contribution in [0.15, 0.2) is 35.2 Å². The van der Waals surface area contributed by atoms with E-state index in [1.54, 1.807) is 11.3 Å². The fraction of sp³-hybridized carbons (Fsp3) is 0.231. The maximum atomic E-state index is 11.2. The molecule has 0 radical (unpaired) electrons. The predicted molar refractivity (Wildman–Crippen MR) is 74.8 cm³/mol. The monoisotopic (exact) mass is 261 g/mol. The lowest BCUT2D eigenvalue weighted by molar-refractivity contribution is -0.115. The van der Waals surface area contributed by atoms with Crippen molar-refractivity contribution in [2.75, 3.05) is 10.6 Å². The zero-order valence-electron chi connectivity index (χ0n) is 10.1. The van der Waals surface area contributed by atoms with Gasteiger partial charge in [-0.05, 0) is 24.3 Å². The molecule has 2 N–H and O–H groups in total. The van der Waals surface area contributed by atoms with Crippen LogP contribution in [0.3, 0.4) is 0 Å². The molecule has 0 bridgehead atoms. The van der Waals surface area contributed by atoms with Crippen LogP contribution in [0.4, 0.5) is 11.4 Å². The van der Waals surface area contributed by atoms with Gasteiger partial charge in [0.05, 0.1) is 17.7 Å². The molecular formula is C13H15N3OS. The molecule has 0 spiro atoms. The number of carbonyl (C=O) groups excluding carboxylic acids is 1. The molecule has 0 aliphatic heterocycles. The SMILES string of the molecule is CCC(=O)Nc1ccc(NCc2cscn2)cc1. The second kappa shape index (κ2) is 6.16. The molecule has 1 aromatic carbocycles. The molecule has 5 heteroatoms. The highest BCUT2D eigenvalue weighted by molar-refractivity contribution is 7.07. The number of rotatable bonds is 5. The van der Waals surface area contributed by atoms with Crippen molar-refractivity contribution < 1.29 is 4.79 Å². The number of aromatic nitrogens is 1. The number of hydrogen-bond acceptors (Lipinski definition) is 4. The van der Waals surface area contributed by atoms with Crippen LogP contribution in [0.1, 0.15) is 19.0 Å². The number of hydrogen-bond donors (Lipinski definition) is 2. The Kier molecular flexibility index (Phi) is 4.30. The summed E-state index contributed by atoms with van der Waals surface area (Å²) in [6.07, 6.45) is 0.490. The van der Waals surface area contributed by atoms with E-state index in [1.807, 2.05) is 42.1 Å². The Balaban J connectivity index is 1.89. The van der Waals surface area contributed by atoms with E-state index in [2.05, 4.69) is 15.6 Å². The van der Waals surface area contributed by atoms with E-state index in [0.717, 1.165) is 17.1 Å². The largest absolute Gasteiger partial charge is 0.379 e. The van der Waals surface area contributed by atoms with Crippen LogP contribution in [0.25, 0.3) is 0 Å². The van der Waals surface area contributed by atoms with Crippen molar-refractivity contribution in [2.45, 2.75) is 19.9 Å². The summed E-state index contributed by atoms with van der Waals surface area (Å²) in [4.78, 5) is 15.4. The van der Waals surface area contributed by atoms with Crippen LogP contribution in [0.5, 0.6) is 0 Å². The van der Waals surface area contributed by atoms with Gasteiger partial charge in [-0.1, -0.05) is 6.92 Å². The Morgan fingerprint density at radius 2 is 2.00 bits per heavy atom. The molecule has 18 heavy (non-hydrogen) atoms. The average Bonchev–Trinajstić information content (AvgIpc) is 2.91. The lowest BCUT2D eigenvalue weighted by Crippen LogP contribution is -2.09. The first-order valence-electron chi connectivity index (χ1n) is 5.79. The molecule has 94 valence electrons. The molecule has 4 nitrogen and oxygen atoms in total. The van der Waals surface area contributed by atoms with E-state index in [-0.39, 0.29) is 5.91 Å². The van der Waals surface area contributed by atoms with E-state index < -0.39 is 0 Å². The second-order valence-electron chi connectivity index (χ2n) is 3.81. The zero-order chi connectivity index (χ0) is 12.8. The molecule has 0 atom stereocenters. The summed E-state index contributed by atoms with van der Waals surface area (Å²) in [6.45, 7) is 2.54. The third kappa shape index (κ3) is 3.56. The van der Waals surface area contributed by atoms with E-state index in [0.29, 0.717) is 13.0 Å². The van der Waals surface area contributed by atoms with Crippen LogP contribution >= 0.6 is 11.3 Å². The van der Waals surface area contributed by atoms with Gasteiger partial charge in [0.2, 0.25) is 5.91 Å². The topological polar surface area (TPSA) is 54.0 Å². The Labute approximate surface area is 110 Å². The standard InChI is InChI=1S/C13H15N3OS/c1-2-13(17)16-11-5-3-10(4-6-11)14-7-12-8-18-9-15-12/h3-6,8-9,14H,2,7H2,1H3,(H,16,17). The first kappa shape index (κ1) is 12.6. The van der Waals surface area contributed by atoms with Gasteiger partial charge in [0.15, 0.2) is 0 Å². The fourth-order valence-corrected chi connectivity index (χ4v) is 2.00. The Morgan fingerprint density at radius 3 is 2.61 bits per heavy atom. The number of nitrogens with zero attached hydrogens (tertiary/aromatic N) is 1. The third-order valence-electron chi connectivity index (χ3n) is 2.45. The van der Waals surface area contributed by atoms with E-state index in [1.165, 1.54) is 0 Å². The van der Waals surface area contributed by atoms with Gasteiger partial charge in [-0.15, -0.1) is 11.3 Å². The van der Waals surface area contributed by atoms with Gasteiger partial charge in [-0.2, -0.15) is 0 Å². The van der Waals surface area contributed by atoms with Gasteiger partial charge >= 0.3 is 0 Å². The predicted octanol–water partition coefficient (Wildman–Crippen LogP) is 3.10. The summed E-state index contributed by atoms with van der Waals surface area (Å²) in [6, 6.07) is 7.66. The third-order valence-corrected chi connectivity index (χ3v) is 3.08. The Hall–Kier alpha value is -1.88. The van der Waals surface area contributed by atoms with Crippen molar-refractivity contribution in [3.63, 3.8) is 0 Å². The lowest BCUT2D eigenvalue weighted by atomic mass is 10.2. The normalized spacial score (nSPS) is 10.1. The summed E-state index contributed by atoms with van der Waals surface area (Å²) < 4.78 is 0. The second-order valence-corrected chi connectivity index (χ2v) is 4.53. The number of benzene rings is 1. The molecule has 0 aliphatic carbocycles. The first-order chi connectivity index (χ1) is 8.78. The van der Waals surface area contributed by atoms with Crippen LogP contribution in [-0.2, 0) is 11.3 Å². The van der Waals surface area contributed by atoms with Gasteiger partial charge in [0.1, 0.15) is 0 Å². The van der Waals surface area contributed by atoms with Gasteiger partial charge in [-0.25, -0.2) is 4.98 Å². The van der Waals surface area contributed by atoms with Crippen LogP contribution in [-0.4, -0.2) is 10.9 Å². The van der Waals surface area contributed by atoms with Crippen molar-refractivity contribution in [2.24, 2.45) is 0 Å².